The van der Waals surface area contributed by atoms with Gasteiger partial charge in [0.1, 0.15) is 0 Å². The van der Waals surface area contributed by atoms with E-state index in [9.17, 15) is 9.59 Å². The molecule has 126 valence electrons. The van der Waals surface area contributed by atoms with Crippen molar-refractivity contribution in [2.75, 3.05) is 13.6 Å². The molecule has 2 aromatic rings. The third kappa shape index (κ3) is 6.16. The third-order valence-corrected chi connectivity index (χ3v) is 4.16. The SMILES string of the molecule is CN(Cc1ccc(Br)cc1)C(=O)CCNC(=O)Cc1ccccc1. The Labute approximate surface area is 151 Å². The molecule has 0 saturated carbocycles. The molecular formula is C19H21BrN2O2. The Kier molecular flexibility index (Phi) is 7.00. The van der Waals surface area contributed by atoms with E-state index in [1.54, 1.807) is 11.9 Å². The van der Waals surface area contributed by atoms with Gasteiger partial charge in [-0.15, -0.1) is 0 Å². The van der Waals surface area contributed by atoms with Crippen LogP contribution in [0.4, 0.5) is 0 Å². The fraction of sp³-hybridized carbons (Fsp3) is 0.263. The van der Waals surface area contributed by atoms with Crippen LogP contribution in [0.25, 0.3) is 0 Å². The summed E-state index contributed by atoms with van der Waals surface area (Å²) in [6, 6.07) is 17.4. The van der Waals surface area contributed by atoms with E-state index in [0.717, 1.165) is 15.6 Å². The van der Waals surface area contributed by atoms with Gasteiger partial charge in [-0.1, -0.05) is 58.4 Å². The Morgan fingerprint density at radius 1 is 1.00 bits per heavy atom. The van der Waals surface area contributed by atoms with Crippen LogP contribution in [0, 0.1) is 0 Å². The maximum absolute atomic E-state index is 12.1. The van der Waals surface area contributed by atoms with Crippen LogP contribution in [0.2, 0.25) is 0 Å². The van der Waals surface area contributed by atoms with Gasteiger partial charge in [-0.25, -0.2) is 0 Å². The highest BCUT2D eigenvalue weighted by Crippen LogP contribution is 2.12. The standard InChI is InChI=1S/C19H21BrN2O2/c1-22(14-16-7-9-17(20)10-8-16)19(24)11-12-21-18(23)13-15-5-3-2-4-6-15/h2-10H,11-14H2,1H3,(H,21,23). The molecule has 4 nitrogen and oxygen atoms in total. The summed E-state index contributed by atoms with van der Waals surface area (Å²) in [6.07, 6.45) is 0.636. The summed E-state index contributed by atoms with van der Waals surface area (Å²) in [5, 5.41) is 2.80. The number of hydrogen-bond donors (Lipinski definition) is 1. The maximum Gasteiger partial charge on any atom is 0.224 e. The first kappa shape index (κ1) is 18.2. The topological polar surface area (TPSA) is 49.4 Å². The number of rotatable bonds is 7. The lowest BCUT2D eigenvalue weighted by Gasteiger charge is -2.17. The molecule has 0 aliphatic heterocycles. The van der Waals surface area contributed by atoms with Crippen molar-refractivity contribution in [3.63, 3.8) is 0 Å². The fourth-order valence-electron chi connectivity index (χ4n) is 2.30. The van der Waals surface area contributed by atoms with Crippen LogP contribution in [0.5, 0.6) is 0 Å². The smallest absolute Gasteiger partial charge is 0.224 e. The van der Waals surface area contributed by atoms with Crippen molar-refractivity contribution in [3.05, 3.63) is 70.2 Å². The summed E-state index contributed by atoms with van der Waals surface area (Å²) >= 11 is 3.39. The van der Waals surface area contributed by atoms with E-state index in [2.05, 4.69) is 21.2 Å². The average molecular weight is 389 g/mol. The average Bonchev–Trinajstić information content (AvgIpc) is 2.57. The Bertz CT molecular complexity index is 672. The first-order chi connectivity index (χ1) is 11.5. The second-order valence-electron chi connectivity index (χ2n) is 5.64. The number of carbonyl (C=O) groups is 2. The van der Waals surface area contributed by atoms with Crippen LogP contribution in [-0.2, 0) is 22.6 Å². The van der Waals surface area contributed by atoms with Crippen molar-refractivity contribution >= 4 is 27.7 Å². The molecular weight excluding hydrogens is 368 g/mol. The predicted molar refractivity (Wildman–Crippen MR) is 98.4 cm³/mol. The minimum absolute atomic E-state index is 0.0120. The number of amides is 2. The van der Waals surface area contributed by atoms with Crippen LogP contribution < -0.4 is 5.32 Å². The van der Waals surface area contributed by atoms with Gasteiger partial charge in [0.25, 0.3) is 0 Å². The van der Waals surface area contributed by atoms with E-state index in [-0.39, 0.29) is 11.8 Å². The molecule has 2 aromatic carbocycles. The summed E-state index contributed by atoms with van der Waals surface area (Å²) in [4.78, 5) is 25.6. The van der Waals surface area contributed by atoms with Crippen molar-refractivity contribution < 1.29 is 9.59 Å². The molecule has 0 fully saturated rings. The first-order valence-corrected chi connectivity index (χ1v) is 8.63. The van der Waals surface area contributed by atoms with E-state index in [4.69, 9.17) is 0 Å². The Morgan fingerprint density at radius 3 is 2.33 bits per heavy atom. The minimum Gasteiger partial charge on any atom is -0.355 e. The van der Waals surface area contributed by atoms with Crippen LogP contribution in [0.15, 0.2) is 59.1 Å². The fourth-order valence-corrected chi connectivity index (χ4v) is 2.56. The van der Waals surface area contributed by atoms with Gasteiger partial charge in [0, 0.05) is 31.0 Å². The van der Waals surface area contributed by atoms with Crippen molar-refractivity contribution in [1.82, 2.24) is 10.2 Å². The second kappa shape index (κ2) is 9.23. The number of benzene rings is 2. The van der Waals surface area contributed by atoms with E-state index >= 15 is 0 Å². The third-order valence-electron chi connectivity index (χ3n) is 3.63. The zero-order valence-corrected chi connectivity index (χ0v) is 15.3. The number of hydrogen-bond acceptors (Lipinski definition) is 2. The normalized spacial score (nSPS) is 10.2. The Hall–Kier alpha value is -2.14. The molecule has 0 unspecified atom stereocenters. The number of nitrogens with one attached hydrogen (secondary N) is 1. The van der Waals surface area contributed by atoms with Crippen LogP contribution in [-0.4, -0.2) is 30.3 Å². The molecule has 0 atom stereocenters. The summed E-state index contributed by atoms with van der Waals surface area (Å²) in [5.41, 5.74) is 2.04. The monoisotopic (exact) mass is 388 g/mol. The Balaban J connectivity index is 1.70. The van der Waals surface area contributed by atoms with Gasteiger partial charge in [-0.3, -0.25) is 9.59 Å². The molecule has 1 N–H and O–H groups in total. The number of nitrogens with zero attached hydrogens (tertiary/aromatic N) is 1. The molecule has 24 heavy (non-hydrogen) atoms. The first-order valence-electron chi connectivity index (χ1n) is 7.83. The lowest BCUT2D eigenvalue weighted by molar-refractivity contribution is -0.130. The summed E-state index contributed by atoms with van der Waals surface area (Å²) in [7, 11) is 1.77. The molecule has 0 bridgehead atoms. The van der Waals surface area contributed by atoms with Crippen molar-refractivity contribution in [3.8, 4) is 0 Å². The van der Waals surface area contributed by atoms with Gasteiger partial charge < -0.3 is 10.2 Å². The summed E-state index contributed by atoms with van der Waals surface area (Å²) in [5.74, 6) is -0.0532. The van der Waals surface area contributed by atoms with Gasteiger partial charge in [-0.05, 0) is 23.3 Å². The lowest BCUT2D eigenvalue weighted by atomic mass is 10.1. The second-order valence-corrected chi connectivity index (χ2v) is 6.55. The molecule has 5 heteroatoms. The number of halogens is 1. The van der Waals surface area contributed by atoms with Crippen molar-refractivity contribution in [2.24, 2.45) is 0 Å². The molecule has 0 spiro atoms. The van der Waals surface area contributed by atoms with Gasteiger partial charge >= 0.3 is 0 Å². The van der Waals surface area contributed by atoms with Crippen LogP contribution in [0.3, 0.4) is 0 Å². The highest BCUT2D eigenvalue weighted by Gasteiger charge is 2.10. The molecule has 2 amide bonds. The number of carbonyl (C=O) groups excluding carboxylic acids is 2. The highest BCUT2D eigenvalue weighted by molar-refractivity contribution is 9.10. The van der Waals surface area contributed by atoms with E-state index in [0.29, 0.717) is 25.9 Å². The van der Waals surface area contributed by atoms with Crippen LogP contribution >= 0.6 is 15.9 Å². The molecule has 0 aliphatic carbocycles. The Morgan fingerprint density at radius 2 is 1.67 bits per heavy atom. The van der Waals surface area contributed by atoms with Gasteiger partial charge in [0.15, 0.2) is 0 Å². The molecule has 0 saturated heterocycles. The van der Waals surface area contributed by atoms with E-state index < -0.39 is 0 Å². The van der Waals surface area contributed by atoms with Crippen molar-refractivity contribution in [1.29, 1.82) is 0 Å². The van der Waals surface area contributed by atoms with Crippen molar-refractivity contribution in [2.45, 2.75) is 19.4 Å². The summed E-state index contributed by atoms with van der Waals surface area (Å²) < 4.78 is 1.02. The van der Waals surface area contributed by atoms with Gasteiger partial charge in [0.2, 0.25) is 11.8 Å². The molecule has 0 aliphatic rings. The minimum atomic E-state index is -0.0652. The predicted octanol–water partition coefficient (Wildman–Crippen LogP) is 3.16. The van der Waals surface area contributed by atoms with Gasteiger partial charge in [0.05, 0.1) is 6.42 Å². The van der Waals surface area contributed by atoms with Crippen LogP contribution in [0.1, 0.15) is 17.5 Å². The molecule has 0 radical (unpaired) electrons. The molecule has 2 rings (SSSR count). The highest BCUT2D eigenvalue weighted by atomic mass is 79.9. The summed E-state index contributed by atoms with van der Waals surface area (Å²) in [6.45, 7) is 0.916. The molecule has 0 aromatic heterocycles. The quantitative estimate of drug-likeness (QED) is 0.791. The zero-order valence-electron chi connectivity index (χ0n) is 13.7. The largest absolute Gasteiger partial charge is 0.355 e. The maximum atomic E-state index is 12.1. The van der Waals surface area contributed by atoms with E-state index in [1.807, 2.05) is 54.6 Å². The lowest BCUT2D eigenvalue weighted by Crippen LogP contribution is -2.32. The van der Waals surface area contributed by atoms with E-state index in [1.165, 1.54) is 0 Å². The molecule has 0 heterocycles. The van der Waals surface area contributed by atoms with Gasteiger partial charge in [-0.2, -0.15) is 0 Å². The zero-order chi connectivity index (χ0) is 17.4.